The maximum Gasteiger partial charge on any atom is 0.255 e. The maximum absolute atomic E-state index is 12.4. The van der Waals surface area contributed by atoms with E-state index in [1.807, 2.05) is 62.5 Å². The molecule has 4 heteroatoms. The molecule has 2 aromatic carbocycles. The first-order valence-electron chi connectivity index (χ1n) is 8.29. The van der Waals surface area contributed by atoms with Crippen LogP contribution in [0.1, 0.15) is 18.1 Å². The smallest absolute Gasteiger partial charge is 0.255 e. The summed E-state index contributed by atoms with van der Waals surface area (Å²) in [4.78, 5) is 12.4. The van der Waals surface area contributed by atoms with Crippen molar-refractivity contribution in [2.45, 2.75) is 20.5 Å². The minimum atomic E-state index is -0.0886. The Kier molecular flexibility index (Phi) is 5.00. The number of aromatic nitrogens is 1. The third-order valence-electron chi connectivity index (χ3n) is 4.09. The van der Waals surface area contributed by atoms with Gasteiger partial charge in [0.1, 0.15) is 5.75 Å². The number of ether oxygens (including phenoxy) is 1. The fraction of sp³-hybridized carbons (Fsp3) is 0.190. The van der Waals surface area contributed by atoms with Crippen LogP contribution in [0, 0.1) is 6.92 Å². The Bertz CT molecular complexity index is 944. The Morgan fingerprint density at radius 1 is 1.04 bits per heavy atom. The van der Waals surface area contributed by atoms with E-state index in [4.69, 9.17) is 4.74 Å². The van der Waals surface area contributed by atoms with Gasteiger partial charge in [-0.15, -0.1) is 0 Å². The normalized spacial score (nSPS) is 10.7. The van der Waals surface area contributed by atoms with Crippen molar-refractivity contribution < 1.29 is 9.84 Å². The molecule has 0 bridgehead atoms. The molecule has 0 amide bonds. The summed E-state index contributed by atoms with van der Waals surface area (Å²) in [6, 6.07) is 16.7. The molecule has 0 saturated carbocycles. The number of hydrogen-bond acceptors (Lipinski definition) is 3. The van der Waals surface area contributed by atoms with Crippen molar-refractivity contribution in [3.05, 3.63) is 82.3 Å². The van der Waals surface area contributed by atoms with Crippen molar-refractivity contribution in [1.82, 2.24) is 4.57 Å². The van der Waals surface area contributed by atoms with E-state index in [9.17, 15) is 9.90 Å². The van der Waals surface area contributed by atoms with E-state index in [0.29, 0.717) is 6.61 Å². The van der Waals surface area contributed by atoms with Crippen LogP contribution in [0.15, 0.2) is 65.6 Å². The van der Waals surface area contributed by atoms with Gasteiger partial charge in [0.15, 0.2) is 0 Å². The quantitative estimate of drug-likeness (QED) is 0.773. The Morgan fingerprint density at radius 2 is 1.88 bits per heavy atom. The standard InChI is InChI=1S/C21H21NO3/c1-3-25-19-8-9-20(15(2)11-19)22-13-18(7-10-21(22)24)17-6-4-5-16(12-17)14-23/h4-13,23H,3,14H2,1-2H3. The number of aliphatic hydroxyl groups excluding tert-OH is 1. The van der Waals surface area contributed by atoms with Crippen LogP contribution in [0.25, 0.3) is 16.8 Å². The van der Waals surface area contributed by atoms with E-state index < -0.39 is 0 Å². The molecule has 128 valence electrons. The Labute approximate surface area is 147 Å². The third kappa shape index (κ3) is 3.64. The summed E-state index contributed by atoms with van der Waals surface area (Å²) in [6.45, 7) is 4.50. The molecule has 0 fully saturated rings. The van der Waals surface area contributed by atoms with Crippen LogP contribution in [0.3, 0.4) is 0 Å². The van der Waals surface area contributed by atoms with Gasteiger partial charge in [-0.2, -0.15) is 0 Å². The highest BCUT2D eigenvalue weighted by molar-refractivity contribution is 5.64. The molecule has 1 aromatic heterocycles. The zero-order valence-corrected chi connectivity index (χ0v) is 14.4. The molecular formula is C21H21NO3. The van der Waals surface area contributed by atoms with E-state index in [0.717, 1.165) is 33.7 Å². The van der Waals surface area contributed by atoms with Crippen LogP contribution in [0.2, 0.25) is 0 Å². The van der Waals surface area contributed by atoms with Gasteiger partial charge in [0, 0.05) is 12.3 Å². The van der Waals surface area contributed by atoms with E-state index in [1.165, 1.54) is 0 Å². The molecule has 3 rings (SSSR count). The van der Waals surface area contributed by atoms with E-state index in [2.05, 4.69) is 0 Å². The zero-order chi connectivity index (χ0) is 17.8. The van der Waals surface area contributed by atoms with E-state index in [-0.39, 0.29) is 12.2 Å². The highest BCUT2D eigenvalue weighted by Gasteiger charge is 2.08. The fourth-order valence-corrected chi connectivity index (χ4v) is 2.85. The molecule has 0 atom stereocenters. The Hall–Kier alpha value is -2.85. The van der Waals surface area contributed by atoms with Crippen LogP contribution >= 0.6 is 0 Å². The predicted molar refractivity (Wildman–Crippen MR) is 99.3 cm³/mol. The average Bonchev–Trinajstić information content (AvgIpc) is 2.63. The van der Waals surface area contributed by atoms with Crippen LogP contribution < -0.4 is 10.3 Å². The Morgan fingerprint density at radius 3 is 2.60 bits per heavy atom. The third-order valence-corrected chi connectivity index (χ3v) is 4.09. The summed E-state index contributed by atoms with van der Waals surface area (Å²) in [7, 11) is 0. The second-order valence-electron chi connectivity index (χ2n) is 5.87. The van der Waals surface area contributed by atoms with E-state index >= 15 is 0 Å². The van der Waals surface area contributed by atoms with Crippen molar-refractivity contribution in [2.24, 2.45) is 0 Å². The molecule has 0 spiro atoms. The first-order valence-corrected chi connectivity index (χ1v) is 8.29. The summed E-state index contributed by atoms with van der Waals surface area (Å²) in [5.41, 5.74) is 4.43. The van der Waals surface area contributed by atoms with Crippen LogP contribution in [-0.4, -0.2) is 16.3 Å². The number of rotatable bonds is 5. The summed E-state index contributed by atoms with van der Waals surface area (Å²) in [5, 5.41) is 9.32. The van der Waals surface area contributed by atoms with E-state index in [1.54, 1.807) is 16.7 Å². The number of benzene rings is 2. The van der Waals surface area contributed by atoms with Gasteiger partial charge in [0.05, 0.1) is 18.9 Å². The lowest BCUT2D eigenvalue weighted by molar-refractivity contribution is 0.282. The molecule has 0 aliphatic carbocycles. The molecule has 0 aliphatic heterocycles. The number of aryl methyl sites for hydroxylation is 1. The van der Waals surface area contributed by atoms with Gasteiger partial charge in [0.25, 0.3) is 5.56 Å². The predicted octanol–water partition coefficient (Wildman–Crippen LogP) is 3.70. The summed E-state index contributed by atoms with van der Waals surface area (Å²) >= 11 is 0. The second kappa shape index (κ2) is 7.36. The van der Waals surface area contributed by atoms with Crippen molar-refractivity contribution in [3.63, 3.8) is 0 Å². The number of nitrogens with zero attached hydrogens (tertiary/aromatic N) is 1. The minimum Gasteiger partial charge on any atom is -0.494 e. The van der Waals surface area contributed by atoms with Crippen molar-refractivity contribution in [3.8, 4) is 22.6 Å². The fourth-order valence-electron chi connectivity index (χ4n) is 2.85. The van der Waals surface area contributed by atoms with Gasteiger partial charge >= 0.3 is 0 Å². The molecule has 0 aliphatic rings. The zero-order valence-electron chi connectivity index (χ0n) is 14.4. The average molecular weight is 335 g/mol. The second-order valence-corrected chi connectivity index (χ2v) is 5.87. The number of aliphatic hydroxyl groups is 1. The molecule has 25 heavy (non-hydrogen) atoms. The van der Waals surface area contributed by atoms with Crippen molar-refractivity contribution in [2.75, 3.05) is 6.61 Å². The highest BCUT2D eigenvalue weighted by Crippen LogP contribution is 2.23. The van der Waals surface area contributed by atoms with Gasteiger partial charge in [-0.25, -0.2) is 0 Å². The monoisotopic (exact) mass is 335 g/mol. The van der Waals surface area contributed by atoms with Crippen molar-refractivity contribution >= 4 is 0 Å². The first-order chi connectivity index (χ1) is 12.1. The highest BCUT2D eigenvalue weighted by atomic mass is 16.5. The van der Waals surface area contributed by atoms with Gasteiger partial charge in [-0.3, -0.25) is 9.36 Å². The van der Waals surface area contributed by atoms with Gasteiger partial charge < -0.3 is 9.84 Å². The van der Waals surface area contributed by atoms with Gasteiger partial charge in [-0.1, -0.05) is 18.2 Å². The lowest BCUT2D eigenvalue weighted by atomic mass is 10.0. The summed E-state index contributed by atoms with van der Waals surface area (Å²) in [5.74, 6) is 0.795. The molecule has 0 unspecified atom stereocenters. The van der Waals surface area contributed by atoms with Crippen LogP contribution in [0.5, 0.6) is 5.75 Å². The minimum absolute atomic E-state index is 0.00845. The lowest BCUT2D eigenvalue weighted by Gasteiger charge is -2.13. The summed E-state index contributed by atoms with van der Waals surface area (Å²) in [6.07, 6.45) is 1.83. The number of hydrogen-bond donors (Lipinski definition) is 1. The van der Waals surface area contributed by atoms with Crippen molar-refractivity contribution in [1.29, 1.82) is 0 Å². The SMILES string of the molecule is CCOc1ccc(-n2cc(-c3cccc(CO)c3)ccc2=O)c(C)c1. The van der Waals surface area contributed by atoms with Gasteiger partial charge in [-0.05, 0) is 66.4 Å². The molecule has 1 N–H and O–H groups in total. The lowest BCUT2D eigenvalue weighted by Crippen LogP contribution is -2.17. The topological polar surface area (TPSA) is 51.5 Å². The molecule has 1 heterocycles. The Balaban J connectivity index is 2.07. The van der Waals surface area contributed by atoms with Gasteiger partial charge in [0.2, 0.25) is 0 Å². The van der Waals surface area contributed by atoms with Crippen LogP contribution in [-0.2, 0) is 6.61 Å². The maximum atomic E-state index is 12.4. The molecule has 0 saturated heterocycles. The molecule has 0 radical (unpaired) electrons. The summed E-state index contributed by atoms with van der Waals surface area (Å²) < 4.78 is 7.16. The largest absolute Gasteiger partial charge is 0.494 e. The molecule has 4 nitrogen and oxygen atoms in total. The number of pyridine rings is 1. The first kappa shape index (κ1) is 17.0. The van der Waals surface area contributed by atoms with Crippen LogP contribution in [0.4, 0.5) is 0 Å². The molecular weight excluding hydrogens is 314 g/mol. The molecule has 3 aromatic rings.